The Morgan fingerprint density at radius 2 is 2.32 bits per heavy atom. The third-order valence-corrected chi connectivity index (χ3v) is 3.69. The number of fused-ring (bicyclic) bond motifs is 2. The molecule has 2 saturated heterocycles. The van der Waals surface area contributed by atoms with E-state index in [1.165, 1.54) is 10.8 Å². The molecule has 1 aromatic rings. The molecule has 3 rings (SSSR count). The second-order valence-corrected chi connectivity index (χ2v) is 4.93. The highest BCUT2D eigenvalue weighted by Crippen LogP contribution is 2.44. The van der Waals surface area contributed by atoms with Gasteiger partial charge in [0.1, 0.15) is 17.8 Å². The van der Waals surface area contributed by atoms with Crippen LogP contribution in [0.2, 0.25) is 0 Å². The van der Waals surface area contributed by atoms with Crippen LogP contribution in [0.5, 0.6) is 0 Å². The Morgan fingerprint density at radius 1 is 1.58 bits per heavy atom. The first-order valence-electron chi connectivity index (χ1n) is 5.89. The van der Waals surface area contributed by atoms with Crippen molar-refractivity contribution in [1.29, 1.82) is 0 Å². The summed E-state index contributed by atoms with van der Waals surface area (Å²) >= 11 is 0. The quantitative estimate of drug-likeness (QED) is 0.565. The summed E-state index contributed by atoms with van der Waals surface area (Å²) in [6, 6.07) is 0. The van der Waals surface area contributed by atoms with Crippen LogP contribution in [0.1, 0.15) is 11.8 Å². The number of nitrogens with one attached hydrogen (secondary N) is 1. The van der Waals surface area contributed by atoms with Gasteiger partial charge >= 0.3 is 5.69 Å². The summed E-state index contributed by atoms with van der Waals surface area (Å²) < 4.78 is 12.1. The van der Waals surface area contributed by atoms with Crippen LogP contribution in [0, 0.1) is 6.92 Å². The van der Waals surface area contributed by atoms with E-state index in [0.717, 1.165) is 0 Å². The Bertz CT molecular complexity index is 622. The van der Waals surface area contributed by atoms with E-state index in [-0.39, 0.29) is 6.61 Å². The molecule has 0 amide bonds. The Balaban J connectivity index is 2.04. The SMILES string of the molecule is Cc1cn([C@@H]2O[C@]3(CO)CO[C@H]2[C@H]3O)c(=O)[nH]c1=O. The van der Waals surface area contributed by atoms with Crippen molar-refractivity contribution >= 4 is 0 Å². The average Bonchev–Trinajstić information content (AvgIpc) is 2.85. The van der Waals surface area contributed by atoms with Crippen molar-refractivity contribution < 1.29 is 19.7 Å². The van der Waals surface area contributed by atoms with E-state index in [9.17, 15) is 19.8 Å². The van der Waals surface area contributed by atoms with Crippen molar-refractivity contribution in [2.24, 2.45) is 0 Å². The molecule has 19 heavy (non-hydrogen) atoms. The lowest BCUT2D eigenvalue weighted by atomic mass is 10.0. The summed E-state index contributed by atoms with van der Waals surface area (Å²) in [6.07, 6.45) is -1.26. The maximum Gasteiger partial charge on any atom is 0.330 e. The predicted octanol–water partition coefficient (Wildman–Crippen LogP) is -2.14. The van der Waals surface area contributed by atoms with Gasteiger partial charge in [-0.25, -0.2) is 4.79 Å². The lowest BCUT2D eigenvalue weighted by molar-refractivity contribution is -0.187. The molecule has 0 unspecified atom stereocenters. The van der Waals surface area contributed by atoms with Crippen LogP contribution in [-0.4, -0.2) is 50.8 Å². The van der Waals surface area contributed by atoms with Gasteiger partial charge in [-0.1, -0.05) is 0 Å². The minimum atomic E-state index is -1.20. The fourth-order valence-electron chi connectivity index (χ4n) is 2.53. The zero-order valence-electron chi connectivity index (χ0n) is 10.2. The molecule has 8 heteroatoms. The standard InChI is InChI=1S/C11H14N2O6/c1-5-2-13(10(17)12-8(5)16)9-6-7(15)11(3-14,19-9)4-18-6/h2,6-7,9,14-15H,3-4H2,1H3,(H,12,16,17)/t6-,7+,9+,11+/m0/s1. The monoisotopic (exact) mass is 270 g/mol. The third-order valence-electron chi connectivity index (χ3n) is 3.69. The fourth-order valence-corrected chi connectivity index (χ4v) is 2.53. The van der Waals surface area contributed by atoms with E-state index >= 15 is 0 Å². The molecule has 2 aliphatic heterocycles. The van der Waals surface area contributed by atoms with Gasteiger partial charge in [-0.2, -0.15) is 0 Å². The van der Waals surface area contributed by atoms with Crippen LogP contribution in [0.25, 0.3) is 0 Å². The lowest BCUT2D eigenvalue weighted by Gasteiger charge is -2.29. The van der Waals surface area contributed by atoms with Gasteiger partial charge in [-0.05, 0) is 6.92 Å². The van der Waals surface area contributed by atoms with Crippen molar-refractivity contribution in [2.75, 3.05) is 13.2 Å². The van der Waals surface area contributed by atoms with Gasteiger partial charge in [0.25, 0.3) is 5.56 Å². The normalized spacial score (nSPS) is 36.9. The molecule has 4 atom stereocenters. The van der Waals surface area contributed by atoms with Crippen molar-refractivity contribution in [1.82, 2.24) is 9.55 Å². The number of aromatic nitrogens is 2. The van der Waals surface area contributed by atoms with Crippen LogP contribution >= 0.6 is 0 Å². The first-order valence-corrected chi connectivity index (χ1v) is 5.89. The summed E-state index contributed by atoms with van der Waals surface area (Å²) in [7, 11) is 0. The lowest BCUT2D eigenvalue weighted by Crippen LogP contribution is -2.44. The van der Waals surface area contributed by atoms with E-state index < -0.39 is 41.9 Å². The van der Waals surface area contributed by atoms with Gasteiger partial charge in [0, 0.05) is 11.8 Å². The molecule has 0 spiro atoms. The van der Waals surface area contributed by atoms with Gasteiger partial charge in [-0.15, -0.1) is 0 Å². The number of hydrogen-bond donors (Lipinski definition) is 3. The number of ether oxygens (including phenoxy) is 2. The van der Waals surface area contributed by atoms with E-state index in [0.29, 0.717) is 5.56 Å². The fraction of sp³-hybridized carbons (Fsp3) is 0.636. The Labute approximate surface area is 107 Å². The number of nitrogens with zero attached hydrogens (tertiary/aromatic N) is 1. The highest BCUT2D eigenvalue weighted by molar-refractivity contribution is 5.09. The highest BCUT2D eigenvalue weighted by atomic mass is 16.7. The highest BCUT2D eigenvalue weighted by Gasteiger charge is 2.61. The van der Waals surface area contributed by atoms with Gasteiger partial charge in [0.05, 0.1) is 13.2 Å². The van der Waals surface area contributed by atoms with Crippen LogP contribution in [0.4, 0.5) is 0 Å². The predicted molar refractivity (Wildman–Crippen MR) is 61.7 cm³/mol. The Hall–Kier alpha value is -1.48. The molecule has 2 fully saturated rings. The van der Waals surface area contributed by atoms with Gasteiger partial charge < -0.3 is 19.7 Å². The van der Waals surface area contributed by atoms with Gasteiger partial charge in [0.2, 0.25) is 0 Å². The minimum absolute atomic E-state index is 0.0723. The maximum absolute atomic E-state index is 11.8. The number of aryl methyl sites for hydroxylation is 1. The van der Waals surface area contributed by atoms with Crippen LogP contribution in [0.3, 0.4) is 0 Å². The molecule has 0 saturated carbocycles. The topological polar surface area (TPSA) is 114 Å². The minimum Gasteiger partial charge on any atom is -0.393 e. The average molecular weight is 270 g/mol. The molecule has 0 aliphatic carbocycles. The van der Waals surface area contributed by atoms with Crippen molar-refractivity contribution in [3.63, 3.8) is 0 Å². The van der Waals surface area contributed by atoms with Crippen molar-refractivity contribution in [3.8, 4) is 0 Å². The number of hydrogen-bond acceptors (Lipinski definition) is 6. The molecule has 1 aromatic heterocycles. The summed E-state index contributed by atoms with van der Waals surface area (Å²) in [5.41, 5.74) is -1.96. The largest absolute Gasteiger partial charge is 0.393 e. The number of H-pyrrole nitrogens is 1. The first kappa shape index (κ1) is 12.5. The Kier molecular flexibility index (Phi) is 2.65. The maximum atomic E-state index is 11.8. The summed E-state index contributed by atoms with van der Waals surface area (Å²) in [5, 5.41) is 19.4. The summed E-state index contributed by atoms with van der Waals surface area (Å²) in [4.78, 5) is 25.3. The zero-order chi connectivity index (χ0) is 13.8. The molecular formula is C11H14N2O6. The smallest absolute Gasteiger partial charge is 0.330 e. The third kappa shape index (κ3) is 1.61. The Morgan fingerprint density at radius 3 is 2.95 bits per heavy atom. The van der Waals surface area contributed by atoms with E-state index in [2.05, 4.69) is 4.98 Å². The molecule has 0 radical (unpaired) electrons. The van der Waals surface area contributed by atoms with Crippen LogP contribution in [-0.2, 0) is 9.47 Å². The van der Waals surface area contributed by atoms with E-state index in [1.54, 1.807) is 6.92 Å². The van der Waals surface area contributed by atoms with Crippen molar-refractivity contribution in [2.45, 2.75) is 31.0 Å². The van der Waals surface area contributed by atoms with E-state index in [1.807, 2.05) is 0 Å². The van der Waals surface area contributed by atoms with Crippen LogP contribution in [0.15, 0.2) is 15.8 Å². The van der Waals surface area contributed by atoms with Gasteiger partial charge in [0.15, 0.2) is 6.23 Å². The number of rotatable bonds is 2. The second-order valence-electron chi connectivity index (χ2n) is 4.93. The first-order chi connectivity index (χ1) is 8.98. The van der Waals surface area contributed by atoms with Crippen LogP contribution < -0.4 is 11.2 Å². The van der Waals surface area contributed by atoms with Crippen molar-refractivity contribution in [3.05, 3.63) is 32.6 Å². The molecule has 104 valence electrons. The second kappa shape index (κ2) is 4.01. The number of aliphatic hydroxyl groups is 2. The molecule has 3 N–H and O–H groups in total. The number of aromatic amines is 1. The molecule has 0 aromatic carbocycles. The van der Waals surface area contributed by atoms with E-state index in [4.69, 9.17) is 9.47 Å². The summed E-state index contributed by atoms with van der Waals surface area (Å²) in [6.45, 7) is 1.22. The number of aliphatic hydroxyl groups excluding tert-OH is 2. The summed E-state index contributed by atoms with van der Waals surface area (Å²) in [5.74, 6) is 0. The zero-order valence-corrected chi connectivity index (χ0v) is 10.2. The molecule has 2 bridgehead atoms. The molecule has 2 aliphatic rings. The molecule has 3 heterocycles. The molecule has 8 nitrogen and oxygen atoms in total. The van der Waals surface area contributed by atoms with Gasteiger partial charge in [-0.3, -0.25) is 14.3 Å². The molecular weight excluding hydrogens is 256 g/mol.